The van der Waals surface area contributed by atoms with Crippen molar-refractivity contribution < 1.29 is 22.6 Å². The molecule has 4 aromatic rings. The third-order valence-corrected chi connectivity index (χ3v) is 7.86. The first-order chi connectivity index (χ1) is 19.4. The molecule has 0 amide bonds. The summed E-state index contributed by atoms with van der Waals surface area (Å²) in [5.74, 6) is 0.902. The van der Waals surface area contributed by atoms with Gasteiger partial charge < -0.3 is 14.4 Å². The summed E-state index contributed by atoms with van der Waals surface area (Å²) in [4.78, 5) is 10.7. The van der Waals surface area contributed by atoms with Gasteiger partial charge in [0.1, 0.15) is 18.1 Å². The van der Waals surface area contributed by atoms with Crippen molar-refractivity contribution in [2.75, 3.05) is 24.7 Å². The Hall–Kier alpha value is -4.02. The number of rotatable bonds is 4. The molecule has 40 heavy (non-hydrogen) atoms. The summed E-state index contributed by atoms with van der Waals surface area (Å²) >= 11 is 0. The van der Waals surface area contributed by atoms with Gasteiger partial charge in [-0.1, -0.05) is 6.07 Å². The maximum atomic E-state index is 14.1. The second-order valence-electron chi connectivity index (χ2n) is 10.3. The molecule has 0 aromatic carbocycles. The van der Waals surface area contributed by atoms with Crippen LogP contribution in [0.25, 0.3) is 28.0 Å². The topological polar surface area (TPSA) is 107 Å². The van der Waals surface area contributed by atoms with Gasteiger partial charge in [0.15, 0.2) is 22.9 Å². The number of nitriles is 1. The number of fused-ring (bicyclic) bond motifs is 3. The lowest BCUT2D eigenvalue weighted by atomic mass is 9.99. The highest BCUT2D eigenvalue weighted by Crippen LogP contribution is 2.42. The van der Waals surface area contributed by atoms with Crippen LogP contribution in [0.3, 0.4) is 0 Å². The normalized spacial score (nSPS) is 23.1. The molecule has 3 saturated heterocycles. The van der Waals surface area contributed by atoms with Gasteiger partial charge in [-0.25, -0.2) is 9.67 Å². The molecule has 0 spiro atoms. The van der Waals surface area contributed by atoms with E-state index in [2.05, 4.69) is 26.2 Å². The van der Waals surface area contributed by atoms with Gasteiger partial charge >= 0.3 is 6.18 Å². The molecule has 7 rings (SSSR count). The van der Waals surface area contributed by atoms with E-state index >= 15 is 0 Å². The third kappa shape index (κ3) is 4.10. The zero-order valence-corrected chi connectivity index (χ0v) is 21.4. The zero-order chi connectivity index (χ0) is 27.4. The highest BCUT2D eigenvalue weighted by Gasteiger charge is 2.40. The largest absolute Gasteiger partial charge is 0.433 e. The number of alkyl halides is 3. The van der Waals surface area contributed by atoms with Crippen molar-refractivity contribution in [2.45, 2.75) is 56.6 Å². The number of hydrogen-bond donors (Lipinski definition) is 0. The van der Waals surface area contributed by atoms with E-state index in [9.17, 15) is 18.4 Å². The van der Waals surface area contributed by atoms with Crippen molar-refractivity contribution in [2.24, 2.45) is 0 Å². The van der Waals surface area contributed by atoms with Gasteiger partial charge in [-0.2, -0.15) is 33.3 Å². The summed E-state index contributed by atoms with van der Waals surface area (Å²) in [6, 6.07) is 8.37. The molecule has 3 atom stereocenters. The Morgan fingerprint density at radius 3 is 2.55 bits per heavy atom. The van der Waals surface area contributed by atoms with Crippen molar-refractivity contribution in [3.63, 3.8) is 0 Å². The molecule has 206 valence electrons. The molecule has 3 fully saturated rings. The second kappa shape index (κ2) is 9.57. The predicted octanol–water partition coefficient (Wildman–Crippen LogP) is 4.64. The van der Waals surface area contributed by atoms with Crippen LogP contribution >= 0.6 is 0 Å². The molecule has 0 radical (unpaired) electrons. The summed E-state index contributed by atoms with van der Waals surface area (Å²) in [6.45, 7) is 1.67. The van der Waals surface area contributed by atoms with Crippen LogP contribution in [0.15, 0.2) is 36.7 Å². The number of aromatic nitrogens is 6. The van der Waals surface area contributed by atoms with Crippen molar-refractivity contribution >= 4 is 16.9 Å². The molecule has 7 heterocycles. The fourth-order valence-corrected chi connectivity index (χ4v) is 6.07. The lowest BCUT2D eigenvalue weighted by Crippen LogP contribution is -2.46. The molecular formula is C27H25F3N8O2. The molecular weight excluding hydrogens is 525 g/mol. The van der Waals surface area contributed by atoms with Gasteiger partial charge in [0, 0.05) is 36.2 Å². The van der Waals surface area contributed by atoms with Crippen molar-refractivity contribution in [1.82, 2.24) is 29.5 Å². The first kappa shape index (κ1) is 25.0. The van der Waals surface area contributed by atoms with Crippen molar-refractivity contribution in [1.29, 1.82) is 5.26 Å². The third-order valence-electron chi connectivity index (χ3n) is 7.86. The summed E-state index contributed by atoms with van der Waals surface area (Å²) in [5, 5.41) is 19.4. The van der Waals surface area contributed by atoms with E-state index in [1.165, 1.54) is 16.8 Å². The first-order valence-electron chi connectivity index (χ1n) is 13.3. The van der Waals surface area contributed by atoms with Gasteiger partial charge in [-0.15, -0.1) is 0 Å². The van der Waals surface area contributed by atoms with E-state index in [0.29, 0.717) is 31.5 Å². The van der Waals surface area contributed by atoms with Crippen LogP contribution < -0.4 is 4.90 Å². The molecule has 0 aliphatic carbocycles. The van der Waals surface area contributed by atoms with Crippen LogP contribution in [0.4, 0.5) is 19.0 Å². The molecule has 0 saturated carbocycles. The fraction of sp³-hybridized carbons (Fsp3) is 0.444. The van der Waals surface area contributed by atoms with Crippen LogP contribution in [-0.4, -0.2) is 61.4 Å². The van der Waals surface area contributed by atoms with E-state index in [0.717, 1.165) is 38.3 Å². The minimum atomic E-state index is -4.70. The number of halogens is 3. The maximum absolute atomic E-state index is 14.1. The van der Waals surface area contributed by atoms with Crippen LogP contribution in [0.1, 0.15) is 49.7 Å². The Kier molecular flexibility index (Phi) is 5.97. The number of ether oxygens (including phenoxy) is 2. The summed E-state index contributed by atoms with van der Waals surface area (Å²) in [6.07, 6.45) is 2.60. The molecule has 3 unspecified atom stereocenters. The minimum absolute atomic E-state index is 0.0468. The van der Waals surface area contributed by atoms with E-state index in [1.807, 2.05) is 0 Å². The van der Waals surface area contributed by atoms with Gasteiger partial charge in [-0.05, 0) is 44.2 Å². The van der Waals surface area contributed by atoms with Crippen LogP contribution in [0, 0.1) is 11.3 Å². The average Bonchev–Trinajstić information content (AvgIpc) is 3.66. The number of anilines is 1. The highest BCUT2D eigenvalue weighted by molar-refractivity contribution is 5.99. The van der Waals surface area contributed by atoms with Crippen LogP contribution in [0.2, 0.25) is 0 Å². The predicted molar refractivity (Wildman–Crippen MR) is 137 cm³/mol. The van der Waals surface area contributed by atoms with Gasteiger partial charge in [0.25, 0.3) is 0 Å². The highest BCUT2D eigenvalue weighted by atomic mass is 19.4. The smallest absolute Gasteiger partial charge is 0.377 e. The molecule has 2 bridgehead atoms. The minimum Gasteiger partial charge on any atom is -0.377 e. The lowest BCUT2D eigenvalue weighted by molar-refractivity contribution is -0.140. The van der Waals surface area contributed by atoms with E-state index in [4.69, 9.17) is 14.5 Å². The number of pyridine rings is 2. The Bertz CT molecular complexity index is 1600. The molecule has 10 nitrogen and oxygen atoms in total. The molecule has 0 N–H and O–H groups in total. The monoisotopic (exact) mass is 550 g/mol. The number of hydrogen-bond acceptors (Lipinski definition) is 8. The molecule has 4 aromatic heterocycles. The first-order valence-corrected chi connectivity index (χ1v) is 13.3. The van der Waals surface area contributed by atoms with Crippen LogP contribution in [-0.2, 0) is 15.7 Å². The summed E-state index contributed by atoms with van der Waals surface area (Å²) in [5.41, 5.74) is -0.768. The van der Waals surface area contributed by atoms with Crippen molar-refractivity contribution in [3.05, 3.63) is 48.0 Å². The Labute approximate surface area is 226 Å². The van der Waals surface area contributed by atoms with E-state index < -0.39 is 11.9 Å². The Morgan fingerprint density at radius 1 is 1.00 bits per heavy atom. The molecule has 13 heteroatoms. The van der Waals surface area contributed by atoms with Crippen molar-refractivity contribution in [3.8, 4) is 23.0 Å². The van der Waals surface area contributed by atoms with Gasteiger partial charge in [0.2, 0.25) is 0 Å². The standard InChI is InChI=1S/C27H25F3N8O2/c28-27(29,30)25-18(4-3-9-32-25)19-12-22(37-16-6-7-17(37)15-39-14-16)33-26-24(19)20(13-31)34-38(26)21-8-10-36(35-21)23-5-1-2-11-40-23/h3-4,8-10,12,16-17,23H,1-2,5-7,11,14-15H2. The number of morpholine rings is 1. The summed E-state index contributed by atoms with van der Waals surface area (Å²) in [7, 11) is 0. The number of nitrogens with zero attached hydrogens (tertiary/aromatic N) is 8. The lowest BCUT2D eigenvalue weighted by Gasteiger charge is -2.36. The zero-order valence-electron chi connectivity index (χ0n) is 21.4. The van der Waals surface area contributed by atoms with Crippen LogP contribution in [0.5, 0.6) is 0 Å². The molecule has 3 aliphatic rings. The van der Waals surface area contributed by atoms with E-state index in [1.54, 1.807) is 23.0 Å². The Morgan fingerprint density at radius 2 is 1.82 bits per heavy atom. The van der Waals surface area contributed by atoms with E-state index in [-0.39, 0.29) is 46.2 Å². The Balaban J connectivity index is 1.46. The summed E-state index contributed by atoms with van der Waals surface area (Å²) < 4.78 is 57.2. The average molecular weight is 551 g/mol. The second-order valence-corrected chi connectivity index (χ2v) is 10.3. The quantitative estimate of drug-likeness (QED) is 0.362. The maximum Gasteiger partial charge on any atom is 0.433 e. The fourth-order valence-electron chi connectivity index (χ4n) is 6.07. The van der Waals surface area contributed by atoms with Gasteiger partial charge in [-0.3, -0.25) is 4.98 Å². The van der Waals surface area contributed by atoms with Gasteiger partial charge in [0.05, 0.1) is 30.7 Å². The molecule has 3 aliphatic heterocycles. The SMILES string of the molecule is N#Cc1nn(-c2ccn(C3CCCCO3)n2)c2nc(N3C4CCC3COC4)cc(-c3cccnc3C(F)(F)F)c12.